The van der Waals surface area contributed by atoms with Gasteiger partial charge in [0.15, 0.2) is 0 Å². The molecule has 0 unspecified atom stereocenters. The lowest BCUT2D eigenvalue weighted by Crippen LogP contribution is -2.30. The zero-order chi connectivity index (χ0) is 19.4. The van der Waals surface area contributed by atoms with Gasteiger partial charge >= 0.3 is 12.1 Å². The van der Waals surface area contributed by atoms with Crippen LogP contribution in [0.4, 0.5) is 18.9 Å². The monoisotopic (exact) mass is 378 g/mol. The van der Waals surface area contributed by atoms with E-state index in [2.05, 4.69) is 9.80 Å². The van der Waals surface area contributed by atoms with Crippen LogP contribution in [0.3, 0.4) is 0 Å². The summed E-state index contributed by atoms with van der Waals surface area (Å²) in [5.74, 6) is -0.944. The zero-order valence-electron chi connectivity index (χ0n) is 14.7. The highest BCUT2D eigenvalue weighted by Gasteiger charge is 2.30. The number of aromatic carboxylic acids is 1. The van der Waals surface area contributed by atoms with Gasteiger partial charge in [-0.1, -0.05) is 12.1 Å². The summed E-state index contributed by atoms with van der Waals surface area (Å²) in [6.45, 7) is 3.92. The Balaban J connectivity index is 1.59. The molecule has 144 valence electrons. The Hall–Kier alpha value is -2.54. The summed E-state index contributed by atoms with van der Waals surface area (Å²) in [5, 5.41) is 8.98. The van der Waals surface area contributed by atoms with Crippen LogP contribution >= 0.6 is 0 Å². The van der Waals surface area contributed by atoms with Gasteiger partial charge in [0, 0.05) is 38.4 Å². The Morgan fingerprint density at radius 1 is 0.926 bits per heavy atom. The van der Waals surface area contributed by atoms with Gasteiger partial charge in [-0.25, -0.2) is 4.79 Å². The van der Waals surface area contributed by atoms with E-state index < -0.39 is 17.7 Å². The average molecular weight is 378 g/mol. The van der Waals surface area contributed by atoms with Gasteiger partial charge in [-0.05, 0) is 48.4 Å². The Morgan fingerprint density at radius 2 is 1.59 bits per heavy atom. The maximum Gasteiger partial charge on any atom is 0.416 e. The van der Waals surface area contributed by atoms with Crippen molar-refractivity contribution in [3.63, 3.8) is 0 Å². The van der Waals surface area contributed by atoms with E-state index in [1.165, 1.54) is 12.1 Å². The van der Waals surface area contributed by atoms with Crippen molar-refractivity contribution in [3.05, 3.63) is 65.2 Å². The topological polar surface area (TPSA) is 43.8 Å². The Labute approximate surface area is 155 Å². The minimum absolute atomic E-state index is 0.262. The third-order valence-electron chi connectivity index (χ3n) is 4.76. The van der Waals surface area contributed by atoms with E-state index in [9.17, 15) is 18.0 Å². The fourth-order valence-electron chi connectivity index (χ4n) is 3.26. The molecular formula is C20H21F3N2O2. The first kappa shape index (κ1) is 19.2. The molecule has 1 aliphatic rings. The van der Waals surface area contributed by atoms with Crippen LogP contribution in [0, 0.1) is 0 Å². The lowest BCUT2D eigenvalue weighted by molar-refractivity contribution is -0.137. The highest BCUT2D eigenvalue weighted by molar-refractivity contribution is 5.88. The summed E-state index contributed by atoms with van der Waals surface area (Å²) in [5.41, 5.74) is 1.48. The van der Waals surface area contributed by atoms with Crippen LogP contribution in [-0.2, 0) is 12.7 Å². The number of carboxylic acid groups (broad SMARTS) is 1. The normalized spacial score (nSPS) is 16.2. The van der Waals surface area contributed by atoms with Gasteiger partial charge in [0.05, 0.1) is 11.1 Å². The first-order valence-electron chi connectivity index (χ1n) is 8.80. The molecular weight excluding hydrogens is 357 g/mol. The van der Waals surface area contributed by atoms with Crippen molar-refractivity contribution in [1.29, 1.82) is 0 Å². The largest absolute Gasteiger partial charge is 0.478 e. The molecule has 0 bridgehead atoms. The minimum atomic E-state index is -4.31. The summed E-state index contributed by atoms with van der Waals surface area (Å²) in [6, 6.07) is 12.2. The molecule has 1 N–H and O–H groups in total. The van der Waals surface area contributed by atoms with E-state index in [0.29, 0.717) is 6.54 Å². The summed E-state index contributed by atoms with van der Waals surface area (Å²) in [6.07, 6.45) is -3.38. The first-order chi connectivity index (χ1) is 12.8. The van der Waals surface area contributed by atoms with Crippen molar-refractivity contribution in [1.82, 2.24) is 4.90 Å². The van der Waals surface area contributed by atoms with Crippen LogP contribution in [0.1, 0.15) is 27.9 Å². The van der Waals surface area contributed by atoms with Crippen molar-refractivity contribution >= 4 is 11.7 Å². The maximum absolute atomic E-state index is 12.7. The van der Waals surface area contributed by atoms with Crippen molar-refractivity contribution < 1.29 is 23.1 Å². The molecule has 3 rings (SSSR count). The molecule has 2 aromatic carbocycles. The van der Waals surface area contributed by atoms with Crippen molar-refractivity contribution in [2.75, 3.05) is 31.1 Å². The number of carbonyl (C=O) groups is 1. The van der Waals surface area contributed by atoms with E-state index >= 15 is 0 Å². The van der Waals surface area contributed by atoms with Gasteiger partial charge in [0.2, 0.25) is 0 Å². The van der Waals surface area contributed by atoms with Crippen LogP contribution in [0.15, 0.2) is 48.5 Å². The van der Waals surface area contributed by atoms with Gasteiger partial charge in [0.25, 0.3) is 0 Å². The molecule has 0 atom stereocenters. The maximum atomic E-state index is 12.7. The van der Waals surface area contributed by atoms with E-state index in [1.54, 1.807) is 12.1 Å². The third kappa shape index (κ3) is 5.01. The molecule has 0 radical (unpaired) electrons. The SMILES string of the molecule is O=C(O)c1ccc(N2CCCN(Cc3ccc(C(F)(F)F)cc3)CC2)cc1. The van der Waals surface area contributed by atoms with Gasteiger partial charge in [-0.3, -0.25) is 4.90 Å². The summed E-state index contributed by atoms with van der Waals surface area (Å²) in [7, 11) is 0. The van der Waals surface area contributed by atoms with E-state index in [-0.39, 0.29) is 5.56 Å². The molecule has 0 saturated carbocycles. The molecule has 1 aliphatic heterocycles. The molecule has 0 spiro atoms. The van der Waals surface area contributed by atoms with E-state index in [1.807, 2.05) is 12.1 Å². The van der Waals surface area contributed by atoms with Crippen molar-refractivity contribution in [2.24, 2.45) is 0 Å². The molecule has 0 aliphatic carbocycles. The zero-order valence-corrected chi connectivity index (χ0v) is 14.7. The average Bonchev–Trinajstić information content (AvgIpc) is 2.87. The first-order valence-corrected chi connectivity index (χ1v) is 8.80. The van der Waals surface area contributed by atoms with Crippen LogP contribution in [0.2, 0.25) is 0 Å². The quantitative estimate of drug-likeness (QED) is 0.869. The van der Waals surface area contributed by atoms with Crippen molar-refractivity contribution in [3.8, 4) is 0 Å². The Bertz CT molecular complexity index is 773. The molecule has 0 amide bonds. The van der Waals surface area contributed by atoms with E-state index in [0.717, 1.165) is 56.0 Å². The van der Waals surface area contributed by atoms with Crippen LogP contribution in [0.25, 0.3) is 0 Å². The number of alkyl halides is 3. The fraction of sp³-hybridized carbons (Fsp3) is 0.350. The molecule has 4 nitrogen and oxygen atoms in total. The molecule has 1 fully saturated rings. The lowest BCUT2D eigenvalue weighted by Gasteiger charge is -2.24. The molecule has 7 heteroatoms. The minimum Gasteiger partial charge on any atom is -0.478 e. The molecule has 2 aromatic rings. The molecule has 1 saturated heterocycles. The number of benzene rings is 2. The van der Waals surface area contributed by atoms with Gasteiger partial charge in [0.1, 0.15) is 0 Å². The second-order valence-corrected chi connectivity index (χ2v) is 6.66. The number of halogens is 3. The summed E-state index contributed by atoms with van der Waals surface area (Å²) in [4.78, 5) is 15.4. The van der Waals surface area contributed by atoms with Gasteiger partial charge in [-0.15, -0.1) is 0 Å². The third-order valence-corrected chi connectivity index (χ3v) is 4.76. The molecule has 27 heavy (non-hydrogen) atoms. The second kappa shape index (κ2) is 8.00. The highest BCUT2D eigenvalue weighted by Crippen LogP contribution is 2.29. The number of rotatable bonds is 4. The predicted molar refractivity (Wildman–Crippen MR) is 97.0 cm³/mol. The van der Waals surface area contributed by atoms with Crippen LogP contribution < -0.4 is 4.90 Å². The molecule has 0 aromatic heterocycles. The number of carboxylic acids is 1. The summed E-state index contributed by atoms with van der Waals surface area (Å²) >= 11 is 0. The number of hydrogen-bond donors (Lipinski definition) is 1. The van der Waals surface area contributed by atoms with Crippen molar-refractivity contribution in [2.45, 2.75) is 19.1 Å². The number of anilines is 1. The smallest absolute Gasteiger partial charge is 0.416 e. The number of nitrogens with zero attached hydrogens (tertiary/aromatic N) is 2. The lowest BCUT2D eigenvalue weighted by atomic mass is 10.1. The van der Waals surface area contributed by atoms with Crippen LogP contribution in [0.5, 0.6) is 0 Å². The Kier molecular flexibility index (Phi) is 5.70. The Morgan fingerprint density at radius 3 is 2.19 bits per heavy atom. The van der Waals surface area contributed by atoms with Gasteiger partial charge in [-0.2, -0.15) is 13.2 Å². The van der Waals surface area contributed by atoms with Crippen LogP contribution in [-0.4, -0.2) is 42.2 Å². The predicted octanol–water partition coefficient (Wildman–Crippen LogP) is 4.12. The summed E-state index contributed by atoms with van der Waals surface area (Å²) < 4.78 is 38.0. The van der Waals surface area contributed by atoms with Gasteiger partial charge < -0.3 is 10.0 Å². The standard InChI is InChI=1S/C20H21F3N2O2/c21-20(22,23)17-6-2-15(3-7-17)14-24-10-1-11-25(13-12-24)18-8-4-16(5-9-18)19(26)27/h2-9H,1,10-14H2,(H,26,27). The fourth-order valence-corrected chi connectivity index (χ4v) is 3.26. The number of hydrogen-bond acceptors (Lipinski definition) is 3. The second-order valence-electron chi connectivity index (χ2n) is 6.66. The van der Waals surface area contributed by atoms with E-state index in [4.69, 9.17) is 5.11 Å². The highest BCUT2D eigenvalue weighted by atomic mass is 19.4. The molecule has 1 heterocycles.